The summed E-state index contributed by atoms with van der Waals surface area (Å²) in [7, 11) is 0. The molecule has 1 nitrogen and oxygen atoms in total. The fraction of sp³-hybridized carbons (Fsp3) is 0.244. The van der Waals surface area contributed by atoms with Gasteiger partial charge in [0.1, 0.15) is 0 Å². The van der Waals surface area contributed by atoms with Crippen LogP contribution in [0.3, 0.4) is 0 Å². The molecule has 0 spiro atoms. The molecule has 1 saturated carbocycles. The monoisotopic (exact) mass is 595 g/mol. The van der Waals surface area contributed by atoms with Crippen molar-refractivity contribution in [3.8, 4) is 5.69 Å². The van der Waals surface area contributed by atoms with Crippen LogP contribution in [0.1, 0.15) is 75.1 Å². The van der Waals surface area contributed by atoms with Crippen molar-refractivity contribution in [3.05, 3.63) is 138 Å². The lowest BCUT2D eigenvalue weighted by Gasteiger charge is -2.40. The van der Waals surface area contributed by atoms with Gasteiger partial charge in [-0.2, -0.15) is 0 Å². The fourth-order valence-electron chi connectivity index (χ4n) is 8.78. The Morgan fingerprint density at radius 1 is 0.565 bits per heavy atom. The maximum absolute atomic E-state index is 2.56. The van der Waals surface area contributed by atoms with E-state index in [-0.39, 0.29) is 10.8 Å². The highest BCUT2D eigenvalue weighted by Gasteiger charge is 2.38. The van der Waals surface area contributed by atoms with E-state index in [4.69, 9.17) is 0 Å². The normalized spacial score (nSPS) is 15.6. The van der Waals surface area contributed by atoms with Gasteiger partial charge in [0.05, 0.1) is 11.0 Å². The number of para-hydroxylation sites is 1. The van der Waals surface area contributed by atoms with E-state index < -0.39 is 0 Å². The highest BCUT2D eigenvalue weighted by molar-refractivity contribution is 6.24. The molecule has 8 aromatic rings. The van der Waals surface area contributed by atoms with Crippen LogP contribution in [-0.4, -0.2) is 4.57 Å². The van der Waals surface area contributed by atoms with Gasteiger partial charge in [-0.3, -0.25) is 0 Å². The maximum atomic E-state index is 2.56. The topological polar surface area (TPSA) is 4.93 Å². The first-order chi connectivity index (χ1) is 22.3. The third-order valence-electron chi connectivity index (χ3n) is 11.2. The number of aromatic nitrogens is 1. The lowest BCUT2D eigenvalue weighted by Crippen LogP contribution is -2.30. The minimum absolute atomic E-state index is 0.0155. The van der Waals surface area contributed by atoms with Gasteiger partial charge in [0, 0.05) is 21.9 Å². The summed E-state index contributed by atoms with van der Waals surface area (Å²) in [4.78, 5) is 0. The van der Waals surface area contributed by atoms with Gasteiger partial charge < -0.3 is 4.57 Å². The van der Waals surface area contributed by atoms with Crippen LogP contribution in [0.4, 0.5) is 0 Å². The van der Waals surface area contributed by atoms with E-state index in [1.807, 2.05) is 0 Å². The number of nitrogens with zero attached hydrogens (tertiary/aromatic N) is 1. The number of aryl methyl sites for hydroxylation is 1. The molecule has 1 heterocycles. The van der Waals surface area contributed by atoms with E-state index in [1.165, 1.54) is 114 Å². The molecule has 1 aliphatic rings. The second-order valence-electron chi connectivity index (χ2n) is 15.0. The van der Waals surface area contributed by atoms with Crippen molar-refractivity contribution in [1.29, 1.82) is 0 Å². The Hall–Kier alpha value is -4.62. The molecule has 0 aliphatic heterocycles. The van der Waals surface area contributed by atoms with Crippen molar-refractivity contribution in [2.24, 2.45) is 0 Å². The van der Waals surface area contributed by atoms with Gasteiger partial charge in [-0.1, -0.05) is 131 Å². The molecule has 0 bridgehead atoms. The number of hydrogen-bond acceptors (Lipinski definition) is 0. The third kappa shape index (κ3) is 4.00. The van der Waals surface area contributed by atoms with Crippen molar-refractivity contribution in [2.75, 3.05) is 0 Å². The molecule has 0 amide bonds. The average Bonchev–Trinajstić information content (AvgIpc) is 3.41. The number of benzene rings is 7. The van der Waals surface area contributed by atoms with E-state index in [9.17, 15) is 0 Å². The van der Waals surface area contributed by atoms with E-state index in [1.54, 1.807) is 0 Å². The predicted octanol–water partition coefficient (Wildman–Crippen LogP) is 12.5. The number of rotatable bonds is 3. The summed E-state index contributed by atoms with van der Waals surface area (Å²) in [5.41, 5.74) is 9.54. The molecule has 0 N–H and O–H groups in total. The van der Waals surface area contributed by atoms with Gasteiger partial charge in [0.15, 0.2) is 0 Å². The van der Waals surface area contributed by atoms with Crippen LogP contribution in [0, 0.1) is 6.92 Å². The maximum Gasteiger partial charge on any atom is 0.0541 e. The molecular formula is C45H41N. The summed E-state index contributed by atoms with van der Waals surface area (Å²) in [6, 6.07) is 44.6. The van der Waals surface area contributed by atoms with Crippen molar-refractivity contribution in [1.82, 2.24) is 4.57 Å². The van der Waals surface area contributed by atoms with Gasteiger partial charge in [-0.05, 0) is 105 Å². The molecule has 0 atom stereocenters. The van der Waals surface area contributed by atoms with Gasteiger partial charge in [-0.15, -0.1) is 0 Å². The van der Waals surface area contributed by atoms with E-state index in [0.29, 0.717) is 0 Å². The first-order valence-corrected chi connectivity index (χ1v) is 17.2. The van der Waals surface area contributed by atoms with Gasteiger partial charge in [0.25, 0.3) is 0 Å². The van der Waals surface area contributed by atoms with Crippen molar-refractivity contribution < 1.29 is 0 Å². The quantitative estimate of drug-likeness (QED) is 0.179. The molecule has 226 valence electrons. The summed E-state index contributed by atoms with van der Waals surface area (Å²) in [6.45, 7) is 9.12. The van der Waals surface area contributed by atoms with Crippen LogP contribution in [-0.2, 0) is 10.8 Å². The molecule has 0 unspecified atom stereocenters. The molecule has 0 radical (unpaired) electrons. The largest absolute Gasteiger partial charge is 0.309 e. The van der Waals surface area contributed by atoms with E-state index in [0.717, 1.165) is 0 Å². The molecular weight excluding hydrogens is 555 g/mol. The Labute approximate surface area is 271 Å². The molecule has 1 heteroatoms. The summed E-state index contributed by atoms with van der Waals surface area (Å²) in [6.07, 6.45) is 6.22. The summed E-state index contributed by atoms with van der Waals surface area (Å²) >= 11 is 0. The summed E-state index contributed by atoms with van der Waals surface area (Å²) in [5, 5.41) is 11.1. The van der Waals surface area contributed by atoms with Crippen LogP contribution < -0.4 is 0 Å². The zero-order valence-electron chi connectivity index (χ0n) is 27.5. The van der Waals surface area contributed by atoms with Crippen molar-refractivity contribution in [3.63, 3.8) is 0 Å². The number of fused-ring (bicyclic) bond motifs is 3. The van der Waals surface area contributed by atoms with Gasteiger partial charge >= 0.3 is 0 Å². The molecule has 0 saturated heterocycles. The molecule has 9 rings (SSSR count). The zero-order chi connectivity index (χ0) is 31.2. The lowest BCUT2D eigenvalue weighted by atomic mass is 9.64. The van der Waals surface area contributed by atoms with Crippen molar-refractivity contribution >= 4 is 54.1 Å². The summed E-state index contributed by atoms with van der Waals surface area (Å²) in [5.74, 6) is 0. The number of hydrogen-bond donors (Lipinski definition) is 0. The van der Waals surface area contributed by atoms with Gasteiger partial charge in [-0.25, -0.2) is 0 Å². The smallest absolute Gasteiger partial charge is 0.0541 e. The van der Waals surface area contributed by atoms with E-state index in [2.05, 4.69) is 148 Å². The Balaban J connectivity index is 1.30. The molecule has 1 aromatic heterocycles. The third-order valence-corrected chi connectivity index (χ3v) is 11.2. The lowest BCUT2D eigenvalue weighted by molar-refractivity contribution is 0.348. The van der Waals surface area contributed by atoms with Crippen molar-refractivity contribution in [2.45, 2.75) is 70.6 Å². The average molecular weight is 596 g/mol. The van der Waals surface area contributed by atoms with Crippen LogP contribution in [0.15, 0.2) is 115 Å². The minimum Gasteiger partial charge on any atom is -0.309 e. The second-order valence-corrected chi connectivity index (χ2v) is 15.0. The van der Waals surface area contributed by atoms with Crippen LogP contribution in [0.5, 0.6) is 0 Å². The van der Waals surface area contributed by atoms with Gasteiger partial charge in [0.2, 0.25) is 0 Å². The fourth-order valence-corrected chi connectivity index (χ4v) is 8.78. The first-order valence-electron chi connectivity index (χ1n) is 17.2. The highest BCUT2D eigenvalue weighted by atomic mass is 15.0. The predicted molar refractivity (Wildman–Crippen MR) is 198 cm³/mol. The van der Waals surface area contributed by atoms with E-state index >= 15 is 0 Å². The second kappa shape index (κ2) is 9.94. The SMILES string of the molecule is Cc1ccc(-n2c3ccccc3c3cc(C4(c5ccc6ccc7cc(C(C)(C)C)cc8ccc5c6c78)CCCCC4)ccc32)cc1. The minimum atomic E-state index is -0.0155. The Bertz CT molecular complexity index is 2410. The molecule has 46 heavy (non-hydrogen) atoms. The summed E-state index contributed by atoms with van der Waals surface area (Å²) < 4.78 is 2.45. The Morgan fingerprint density at radius 3 is 2.00 bits per heavy atom. The first kappa shape index (κ1) is 27.7. The molecule has 7 aromatic carbocycles. The standard InChI is InChI=1S/C45H41N/c1-29-12-19-35(20-13-29)46-40-11-7-6-10-36(40)38-28-33(18-23-41(38)46)45(24-8-5-9-25-45)39-22-17-30-14-15-31-26-34(44(2,3)4)27-32-16-21-37(39)43(30)42(31)32/h6-7,10-23,26-28H,5,8-9,24-25H2,1-4H3. The van der Waals surface area contributed by atoms with Crippen LogP contribution >= 0.6 is 0 Å². The Morgan fingerprint density at radius 2 is 1.24 bits per heavy atom. The Kier molecular flexibility index (Phi) is 5.98. The highest BCUT2D eigenvalue weighted by Crippen LogP contribution is 2.50. The molecule has 1 aliphatic carbocycles. The van der Waals surface area contributed by atoms with Crippen LogP contribution in [0.25, 0.3) is 59.8 Å². The zero-order valence-corrected chi connectivity index (χ0v) is 27.5. The van der Waals surface area contributed by atoms with Crippen LogP contribution in [0.2, 0.25) is 0 Å². The molecule has 1 fully saturated rings.